The zero-order valence-corrected chi connectivity index (χ0v) is 11.1. The highest BCUT2D eigenvalue weighted by Crippen LogP contribution is 2.33. The number of carbonyl (C=O) groups excluding carboxylic acids is 1. The van der Waals surface area contributed by atoms with Crippen molar-refractivity contribution in [3.05, 3.63) is 18.2 Å². The average molecular weight is 251 g/mol. The molecule has 0 amide bonds. The van der Waals surface area contributed by atoms with Crippen LogP contribution in [0.5, 0.6) is 11.5 Å². The molecule has 1 aromatic rings. The minimum atomic E-state index is -0.282. The first-order chi connectivity index (χ1) is 8.69. The van der Waals surface area contributed by atoms with E-state index in [0.29, 0.717) is 30.2 Å². The highest BCUT2D eigenvalue weighted by Gasteiger charge is 2.13. The monoisotopic (exact) mass is 251 g/mol. The summed E-state index contributed by atoms with van der Waals surface area (Å²) in [6.07, 6.45) is 3.13. The summed E-state index contributed by atoms with van der Waals surface area (Å²) in [6.45, 7) is 4.61. The molecule has 0 atom stereocenters. The number of hydrogen-bond acceptors (Lipinski definition) is 4. The number of benzene rings is 1. The number of hydrogen-bond donors (Lipinski definition) is 1. The topological polar surface area (TPSA) is 61.6 Å². The number of nitrogens with two attached hydrogens (primary N) is 1. The van der Waals surface area contributed by atoms with Crippen LogP contribution >= 0.6 is 0 Å². The number of esters is 1. The fourth-order valence-corrected chi connectivity index (χ4v) is 1.45. The van der Waals surface area contributed by atoms with E-state index in [4.69, 9.17) is 15.2 Å². The van der Waals surface area contributed by atoms with Gasteiger partial charge in [0.05, 0.1) is 12.3 Å². The van der Waals surface area contributed by atoms with Crippen LogP contribution < -0.4 is 15.2 Å². The van der Waals surface area contributed by atoms with Crippen LogP contribution in [-0.4, -0.2) is 12.6 Å². The highest BCUT2D eigenvalue weighted by molar-refractivity contribution is 5.76. The van der Waals surface area contributed by atoms with Gasteiger partial charge in [-0.05, 0) is 25.0 Å². The van der Waals surface area contributed by atoms with Crippen molar-refractivity contribution < 1.29 is 14.3 Å². The molecule has 0 saturated heterocycles. The second kappa shape index (κ2) is 7.58. The number of para-hydroxylation sites is 1. The van der Waals surface area contributed by atoms with E-state index < -0.39 is 0 Å². The Morgan fingerprint density at radius 3 is 2.72 bits per heavy atom. The quantitative estimate of drug-likeness (QED) is 0.350. The molecule has 100 valence electrons. The summed E-state index contributed by atoms with van der Waals surface area (Å²) < 4.78 is 10.8. The zero-order chi connectivity index (χ0) is 13.4. The second-order valence-electron chi connectivity index (χ2n) is 4.10. The van der Waals surface area contributed by atoms with E-state index in [2.05, 4.69) is 6.92 Å². The summed E-state index contributed by atoms with van der Waals surface area (Å²) in [5.41, 5.74) is 6.24. The lowest BCUT2D eigenvalue weighted by molar-refractivity contribution is -0.134. The molecule has 0 aromatic heterocycles. The van der Waals surface area contributed by atoms with Crippen LogP contribution in [0.1, 0.15) is 39.5 Å². The summed E-state index contributed by atoms with van der Waals surface area (Å²) in [6, 6.07) is 5.25. The Morgan fingerprint density at radius 1 is 1.28 bits per heavy atom. The lowest BCUT2D eigenvalue weighted by atomic mass is 10.2. The molecule has 18 heavy (non-hydrogen) atoms. The van der Waals surface area contributed by atoms with Gasteiger partial charge >= 0.3 is 5.97 Å². The molecule has 0 aliphatic heterocycles. The molecule has 1 aromatic carbocycles. The normalized spacial score (nSPS) is 10.1. The molecule has 0 saturated carbocycles. The smallest absolute Gasteiger partial charge is 0.311 e. The average Bonchev–Trinajstić information content (AvgIpc) is 2.34. The summed E-state index contributed by atoms with van der Waals surface area (Å²) in [4.78, 5) is 11.5. The number of rotatable bonds is 7. The summed E-state index contributed by atoms with van der Waals surface area (Å²) in [7, 11) is 0. The van der Waals surface area contributed by atoms with Gasteiger partial charge in [-0.2, -0.15) is 0 Å². The van der Waals surface area contributed by atoms with Crippen molar-refractivity contribution in [1.82, 2.24) is 0 Å². The third kappa shape index (κ3) is 4.28. The summed E-state index contributed by atoms with van der Waals surface area (Å²) >= 11 is 0. The Morgan fingerprint density at radius 2 is 2.06 bits per heavy atom. The van der Waals surface area contributed by atoms with E-state index in [-0.39, 0.29) is 5.97 Å². The predicted octanol–water partition coefficient (Wildman–Crippen LogP) is 3.15. The molecule has 4 heteroatoms. The fraction of sp³-hybridized carbons (Fsp3) is 0.500. The zero-order valence-electron chi connectivity index (χ0n) is 11.1. The van der Waals surface area contributed by atoms with Crippen molar-refractivity contribution in [3.63, 3.8) is 0 Å². The van der Waals surface area contributed by atoms with Gasteiger partial charge in [0.15, 0.2) is 11.5 Å². The maximum absolute atomic E-state index is 11.5. The maximum atomic E-state index is 11.5. The van der Waals surface area contributed by atoms with Gasteiger partial charge in [-0.1, -0.05) is 26.3 Å². The number of carbonyl (C=O) groups is 1. The van der Waals surface area contributed by atoms with Gasteiger partial charge < -0.3 is 15.2 Å². The van der Waals surface area contributed by atoms with Crippen LogP contribution in [0.3, 0.4) is 0 Å². The summed E-state index contributed by atoms with van der Waals surface area (Å²) in [5.74, 6) is 0.593. The summed E-state index contributed by atoms with van der Waals surface area (Å²) in [5, 5.41) is 0. The first kappa shape index (κ1) is 14.4. The standard InChI is InChI=1S/C14H21NO3/c1-3-5-10-17-12-9-6-8-11(15)14(12)18-13(16)7-4-2/h6,8-9H,3-5,7,10,15H2,1-2H3. The fourth-order valence-electron chi connectivity index (χ4n) is 1.45. The van der Waals surface area contributed by atoms with Crippen LogP contribution in [0, 0.1) is 0 Å². The van der Waals surface area contributed by atoms with Crippen molar-refractivity contribution in [2.75, 3.05) is 12.3 Å². The van der Waals surface area contributed by atoms with Crippen molar-refractivity contribution in [3.8, 4) is 11.5 Å². The Bertz CT molecular complexity index is 391. The molecule has 0 unspecified atom stereocenters. The third-order valence-electron chi connectivity index (χ3n) is 2.43. The van der Waals surface area contributed by atoms with E-state index >= 15 is 0 Å². The number of unbranched alkanes of at least 4 members (excludes halogenated alkanes) is 1. The lowest BCUT2D eigenvalue weighted by Crippen LogP contribution is -2.10. The first-order valence-corrected chi connectivity index (χ1v) is 6.41. The molecule has 4 nitrogen and oxygen atoms in total. The second-order valence-corrected chi connectivity index (χ2v) is 4.10. The Labute approximate surface area is 108 Å². The minimum absolute atomic E-state index is 0.282. The largest absolute Gasteiger partial charge is 0.490 e. The minimum Gasteiger partial charge on any atom is -0.490 e. The predicted molar refractivity (Wildman–Crippen MR) is 71.8 cm³/mol. The SMILES string of the molecule is CCCCOc1cccc(N)c1OC(=O)CCC. The molecule has 1 rings (SSSR count). The Kier molecular flexibility index (Phi) is 6.05. The van der Waals surface area contributed by atoms with Gasteiger partial charge in [0.1, 0.15) is 0 Å². The third-order valence-corrected chi connectivity index (χ3v) is 2.43. The lowest BCUT2D eigenvalue weighted by Gasteiger charge is -2.13. The van der Waals surface area contributed by atoms with Crippen LogP contribution in [0.25, 0.3) is 0 Å². The van der Waals surface area contributed by atoms with Crippen molar-refractivity contribution in [1.29, 1.82) is 0 Å². The van der Waals surface area contributed by atoms with Gasteiger partial charge in [-0.25, -0.2) is 0 Å². The molecule has 0 radical (unpaired) electrons. The molecule has 2 N–H and O–H groups in total. The molecule has 0 heterocycles. The van der Waals surface area contributed by atoms with E-state index in [9.17, 15) is 4.79 Å². The van der Waals surface area contributed by atoms with Crippen molar-refractivity contribution >= 4 is 11.7 Å². The Hall–Kier alpha value is -1.71. The molecular formula is C14H21NO3. The van der Waals surface area contributed by atoms with Gasteiger partial charge in [0, 0.05) is 6.42 Å². The molecule has 0 aliphatic rings. The van der Waals surface area contributed by atoms with E-state index in [1.165, 1.54) is 0 Å². The number of anilines is 1. The van der Waals surface area contributed by atoms with Gasteiger partial charge in [0.2, 0.25) is 0 Å². The molecule has 0 aliphatic carbocycles. The van der Waals surface area contributed by atoms with Gasteiger partial charge in [-0.15, -0.1) is 0 Å². The van der Waals surface area contributed by atoms with Crippen LogP contribution in [-0.2, 0) is 4.79 Å². The van der Waals surface area contributed by atoms with Gasteiger partial charge in [0.25, 0.3) is 0 Å². The maximum Gasteiger partial charge on any atom is 0.311 e. The highest BCUT2D eigenvalue weighted by atomic mass is 16.6. The van der Waals surface area contributed by atoms with Crippen LogP contribution in [0.15, 0.2) is 18.2 Å². The molecule has 0 bridgehead atoms. The molecule has 0 spiro atoms. The van der Waals surface area contributed by atoms with E-state index in [1.54, 1.807) is 18.2 Å². The Balaban J connectivity index is 2.76. The van der Waals surface area contributed by atoms with Crippen molar-refractivity contribution in [2.24, 2.45) is 0 Å². The first-order valence-electron chi connectivity index (χ1n) is 6.41. The van der Waals surface area contributed by atoms with E-state index in [0.717, 1.165) is 19.3 Å². The molecule has 0 fully saturated rings. The number of nitrogen functional groups attached to an aromatic ring is 1. The number of ether oxygens (including phenoxy) is 2. The van der Waals surface area contributed by atoms with Crippen molar-refractivity contribution in [2.45, 2.75) is 39.5 Å². The van der Waals surface area contributed by atoms with Gasteiger partial charge in [-0.3, -0.25) is 4.79 Å². The van der Waals surface area contributed by atoms with E-state index in [1.807, 2.05) is 6.92 Å². The van der Waals surface area contributed by atoms with Crippen LogP contribution in [0.2, 0.25) is 0 Å². The molecular weight excluding hydrogens is 230 g/mol. The van der Waals surface area contributed by atoms with Crippen LogP contribution in [0.4, 0.5) is 5.69 Å².